The maximum Gasteiger partial charge on any atom is 0.128 e. The highest BCUT2D eigenvalue weighted by Crippen LogP contribution is 2.38. The molecule has 2 aliphatic heterocycles. The van der Waals surface area contributed by atoms with Crippen LogP contribution in [-0.2, 0) is 19.4 Å². The molecule has 3 aliphatic rings. The van der Waals surface area contributed by atoms with Crippen molar-refractivity contribution in [2.24, 2.45) is 11.8 Å². The van der Waals surface area contributed by atoms with E-state index in [-0.39, 0.29) is 0 Å². The molecule has 1 saturated carbocycles. The van der Waals surface area contributed by atoms with Gasteiger partial charge in [-0.05, 0) is 102 Å². The summed E-state index contributed by atoms with van der Waals surface area (Å²) in [4.78, 5) is 4.27. The maximum atomic E-state index is 4.68. The van der Waals surface area contributed by atoms with E-state index in [1.165, 1.54) is 85.0 Å². The fourth-order valence-corrected chi connectivity index (χ4v) is 6.86. The first-order chi connectivity index (χ1) is 19.2. The second-order valence-electron chi connectivity index (χ2n) is 11.2. The van der Waals surface area contributed by atoms with E-state index in [2.05, 4.69) is 94.2 Å². The van der Waals surface area contributed by atoms with Gasteiger partial charge >= 0.3 is 0 Å². The first kappa shape index (κ1) is 24.7. The van der Waals surface area contributed by atoms with Crippen molar-refractivity contribution in [1.82, 2.24) is 24.8 Å². The van der Waals surface area contributed by atoms with Crippen molar-refractivity contribution in [1.29, 1.82) is 0 Å². The van der Waals surface area contributed by atoms with Crippen LogP contribution in [0.2, 0.25) is 0 Å². The molecular formula is C32H35BrN6. The van der Waals surface area contributed by atoms with Crippen LogP contribution in [0.1, 0.15) is 49.1 Å². The molecule has 0 unspecified atom stereocenters. The molecule has 39 heavy (non-hydrogen) atoms. The van der Waals surface area contributed by atoms with Gasteiger partial charge in [-0.25, -0.2) is 4.68 Å². The van der Waals surface area contributed by atoms with Gasteiger partial charge in [0.05, 0.1) is 35.0 Å². The predicted octanol–water partition coefficient (Wildman–Crippen LogP) is 6.46. The van der Waals surface area contributed by atoms with Gasteiger partial charge < -0.3 is 10.3 Å². The van der Waals surface area contributed by atoms with Crippen LogP contribution in [0.4, 0.5) is 0 Å². The van der Waals surface area contributed by atoms with E-state index in [0.717, 1.165) is 29.2 Å². The molecule has 0 atom stereocenters. The number of hydrogen-bond acceptors (Lipinski definition) is 4. The summed E-state index contributed by atoms with van der Waals surface area (Å²) in [7, 11) is 0. The molecule has 7 heteroatoms. The Hall–Kier alpha value is -3.32. The highest BCUT2D eigenvalue weighted by atomic mass is 79.9. The molecule has 7 rings (SSSR count). The van der Waals surface area contributed by atoms with Crippen LogP contribution in [0.15, 0.2) is 83.3 Å². The maximum absolute atomic E-state index is 4.68. The monoisotopic (exact) mass is 582 g/mol. The third-order valence-electron chi connectivity index (χ3n) is 8.67. The summed E-state index contributed by atoms with van der Waals surface area (Å²) in [5.41, 5.74) is 6.67. The Bertz CT molecular complexity index is 1520. The van der Waals surface area contributed by atoms with Crippen molar-refractivity contribution >= 4 is 32.7 Å². The predicted molar refractivity (Wildman–Crippen MR) is 161 cm³/mol. The molecule has 1 saturated heterocycles. The summed E-state index contributed by atoms with van der Waals surface area (Å²) in [5.74, 6) is 2.47. The number of nitrogens with zero attached hydrogens (tertiary/aromatic N) is 5. The van der Waals surface area contributed by atoms with E-state index in [1.54, 1.807) is 0 Å². The number of halogens is 1. The third kappa shape index (κ3) is 5.17. The van der Waals surface area contributed by atoms with Crippen LogP contribution in [0.5, 0.6) is 0 Å². The van der Waals surface area contributed by atoms with Crippen LogP contribution in [0.25, 0.3) is 16.7 Å². The Labute approximate surface area is 238 Å². The molecule has 1 aromatic carbocycles. The number of para-hydroxylation sites is 1. The van der Waals surface area contributed by atoms with Crippen LogP contribution in [0, 0.1) is 11.8 Å². The Morgan fingerprint density at radius 3 is 2.69 bits per heavy atom. The van der Waals surface area contributed by atoms with Gasteiger partial charge in [0.2, 0.25) is 0 Å². The average Bonchev–Trinajstić information content (AvgIpc) is 3.69. The quantitative estimate of drug-likeness (QED) is 0.242. The summed E-state index contributed by atoms with van der Waals surface area (Å²) in [6.07, 6.45) is 18.9. The molecule has 0 radical (unpaired) electrons. The molecule has 5 heterocycles. The van der Waals surface area contributed by atoms with Gasteiger partial charge in [0.15, 0.2) is 0 Å². The zero-order chi connectivity index (χ0) is 26.2. The molecule has 2 fully saturated rings. The van der Waals surface area contributed by atoms with E-state index >= 15 is 0 Å². The largest absolute Gasteiger partial charge is 0.366 e. The fourth-order valence-electron chi connectivity index (χ4n) is 6.43. The molecule has 3 aromatic heterocycles. The lowest BCUT2D eigenvalue weighted by Gasteiger charge is -2.29. The lowest BCUT2D eigenvalue weighted by Crippen LogP contribution is -2.20. The lowest BCUT2D eigenvalue weighted by molar-refractivity contribution is 0.289. The minimum atomic E-state index is 0.615. The highest BCUT2D eigenvalue weighted by molar-refractivity contribution is 9.10. The summed E-state index contributed by atoms with van der Waals surface area (Å²) < 4.78 is 5.62. The normalized spacial score (nSPS) is 20.8. The molecule has 1 N–H and O–H groups in total. The molecule has 1 aliphatic carbocycles. The van der Waals surface area contributed by atoms with Gasteiger partial charge in [-0.15, -0.1) is 0 Å². The van der Waals surface area contributed by atoms with Crippen molar-refractivity contribution in [3.8, 4) is 0 Å². The molecule has 0 amide bonds. The van der Waals surface area contributed by atoms with Crippen LogP contribution in [-0.4, -0.2) is 32.5 Å². The van der Waals surface area contributed by atoms with Crippen LogP contribution >= 0.6 is 15.9 Å². The first-order valence-electron chi connectivity index (χ1n) is 14.3. The Balaban J connectivity index is 1.02. The smallest absolute Gasteiger partial charge is 0.128 e. The van der Waals surface area contributed by atoms with Crippen molar-refractivity contribution in [2.45, 2.75) is 51.5 Å². The van der Waals surface area contributed by atoms with Gasteiger partial charge in [-0.2, -0.15) is 5.10 Å². The number of rotatable bonds is 8. The fraction of sp³-hybridized carbons (Fsp3) is 0.375. The van der Waals surface area contributed by atoms with Crippen LogP contribution < -0.4 is 10.3 Å². The molecule has 4 aromatic rings. The third-order valence-corrected chi connectivity index (χ3v) is 9.33. The SMILES string of the molecule is Brc1cnn2c1CC=C(C1CCC(CCc3cc4ccccc4n3N3CC3)CC1)C=C2NCc1cccnc1. The second-order valence-corrected chi connectivity index (χ2v) is 12.1. The zero-order valence-electron chi connectivity index (χ0n) is 22.3. The van der Waals surface area contributed by atoms with Gasteiger partial charge in [-0.1, -0.05) is 30.3 Å². The number of pyridine rings is 1. The van der Waals surface area contributed by atoms with E-state index in [4.69, 9.17) is 0 Å². The molecule has 0 spiro atoms. The zero-order valence-corrected chi connectivity index (χ0v) is 23.9. The second kappa shape index (κ2) is 10.7. The van der Waals surface area contributed by atoms with Gasteiger partial charge in [0, 0.05) is 36.4 Å². The van der Waals surface area contributed by atoms with E-state index in [1.807, 2.05) is 24.7 Å². The number of hydrogen-bond donors (Lipinski definition) is 1. The Kier molecular flexibility index (Phi) is 6.77. The van der Waals surface area contributed by atoms with Crippen LogP contribution in [0.3, 0.4) is 0 Å². The number of aryl methyl sites for hydroxylation is 1. The molecular weight excluding hydrogens is 548 g/mol. The van der Waals surface area contributed by atoms with Crippen molar-refractivity contribution in [2.75, 3.05) is 18.1 Å². The number of fused-ring (bicyclic) bond motifs is 2. The number of benzene rings is 1. The van der Waals surface area contributed by atoms with E-state index in [9.17, 15) is 0 Å². The minimum absolute atomic E-state index is 0.615. The Morgan fingerprint density at radius 1 is 1.00 bits per heavy atom. The van der Waals surface area contributed by atoms with Crippen molar-refractivity contribution < 1.29 is 0 Å². The topological polar surface area (TPSA) is 50.7 Å². The van der Waals surface area contributed by atoms with Gasteiger partial charge in [0.25, 0.3) is 0 Å². The van der Waals surface area contributed by atoms with Gasteiger partial charge in [-0.3, -0.25) is 9.66 Å². The summed E-state index contributed by atoms with van der Waals surface area (Å²) in [6.45, 7) is 3.08. The minimum Gasteiger partial charge on any atom is -0.366 e. The van der Waals surface area contributed by atoms with Crippen molar-refractivity contribution in [3.63, 3.8) is 0 Å². The average molecular weight is 584 g/mol. The number of nitrogens with one attached hydrogen (secondary N) is 1. The lowest BCUT2D eigenvalue weighted by atomic mass is 9.76. The van der Waals surface area contributed by atoms with E-state index in [0.29, 0.717) is 5.92 Å². The first-order valence-corrected chi connectivity index (χ1v) is 15.1. The summed E-state index contributed by atoms with van der Waals surface area (Å²) in [5, 5.41) is 12.2. The number of aromatic nitrogens is 4. The van der Waals surface area contributed by atoms with E-state index < -0.39 is 0 Å². The number of allylic oxidation sites excluding steroid dienone is 3. The molecule has 0 bridgehead atoms. The Morgan fingerprint density at radius 2 is 1.87 bits per heavy atom. The van der Waals surface area contributed by atoms with Crippen molar-refractivity contribution in [3.05, 3.63) is 100 Å². The standard InChI is InChI=1S/C32H35BrN6/c33-29-22-36-38-31(29)14-12-26(19-32(38)35-21-24-4-3-15-34-20-24)25-10-7-23(8-11-25)9-13-28-18-27-5-1-2-6-30(27)39(28)37-16-17-37/h1-6,12,15,18-20,22-23,25,35H,7-11,13-14,16-17,21H2. The summed E-state index contributed by atoms with van der Waals surface area (Å²) in [6, 6.07) is 15.3. The highest BCUT2D eigenvalue weighted by Gasteiger charge is 2.27. The molecule has 200 valence electrons. The molecule has 6 nitrogen and oxygen atoms in total. The summed E-state index contributed by atoms with van der Waals surface area (Å²) >= 11 is 3.72. The van der Waals surface area contributed by atoms with Gasteiger partial charge in [0.1, 0.15) is 5.82 Å².